The molecule has 1 unspecified atom stereocenters. The minimum Gasteiger partial charge on any atom is -0.367 e. The first-order valence-electron chi connectivity index (χ1n) is 2.93. The van der Waals surface area contributed by atoms with E-state index < -0.39 is 11.4 Å². The van der Waals surface area contributed by atoms with Gasteiger partial charge in [0, 0.05) is 6.21 Å². The van der Waals surface area contributed by atoms with Gasteiger partial charge in [-0.25, -0.2) is 0 Å². The number of hydrazone groups is 1. The third-order valence-corrected chi connectivity index (χ3v) is 1.40. The van der Waals surface area contributed by atoms with E-state index in [2.05, 4.69) is 10.5 Å². The van der Waals surface area contributed by atoms with Crippen LogP contribution in [0.25, 0.3) is 0 Å². The van der Waals surface area contributed by atoms with Crippen molar-refractivity contribution in [2.75, 3.05) is 0 Å². The Labute approximate surface area is 58.8 Å². The molecule has 4 nitrogen and oxygen atoms in total. The van der Waals surface area contributed by atoms with Crippen molar-refractivity contribution < 1.29 is 4.79 Å². The van der Waals surface area contributed by atoms with E-state index in [1.807, 2.05) is 0 Å². The molecule has 0 aromatic rings. The van der Waals surface area contributed by atoms with Crippen LogP contribution >= 0.6 is 0 Å². The lowest BCUT2D eigenvalue weighted by Crippen LogP contribution is -2.50. The highest BCUT2D eigenvalue weighted by molar-refractivity contribution is 5.89. The molecule has 3 N–H and O–H groups in total. The summed E-state index contributed by atoms with van der Waals surface area (Å²) in [5.41, 5.74) is 6.87. The second-order valence-electron chi connectivity index (χ2n) is 2.32. The molecule has 0 saturated carbocycles. The molecule has 1 rings (SSSR count). The summed E-state index contributed by atoms with van der Waals surface area (Å²) in [4.78, 5) is 10.7. The summed E-state index contributed by atoms with van der Waals surface area (Å²) in [6.07, 6.45) is 4.91. The summed E-state index contributed by atoms with van der Waals surface area (Å²) >= 11 is 0. The molecule has 10 heavy (non-hydrogen) atoms. The molecule has 1 amide bonds. The van der Waals surface area contributed by atoms with Crippen LogP contribution in [0.4, 0.5) is 0 Å². The van der Waals surface area contributed by atoms with Crippen molar-refractivity contribution in [1.82, 2.24) is 5.43 Å². The predicted octanol–water partition coefficient (Wildman–Crippen LogP) is -0.624. The molecule has 0 radical (unpaired) electrons. The third-order valence-electron chi connectivity index (χ3n) is 1.40. The van der Waals surface area contributed by atoms with Crippen LogP contribution in [0.5, 0.6) is 0 Å². The van der Waals surface area contributed by atoms with Crippen molar-refractivity contribution in [1.29, 1.82) is 0 Å². The zero-order chi connectivity index (χ0) is 7.61. The SMILES string of the molecule is CC1(C(N)=O)C=CC=NN1. The van der Waals surface area contributed by atoms with E-state index in [0.717, 1.165) is 0 Å². The van der Waals surface area contributed by atoms with Crippen LogP contribution in [0.1, 0.15) is 6.92 Å². The van der Waals surface area contributed by atoms with E-state index in [1.54, 1.807) is 25.3 Å². The maximum atomic E-state index is 10.7. The number of hydrogen-bond acceptors (Lipinski definition) is 3. The van der Waals surface area contributed by atoms with Gasteiger partial charge in [0.05, 0.1) is 0 Å². The van der Waals surface area contributed by atoms with Crippen LogP contribution in [0.15, 0.2) is 17.3 Å². The molecule has 1 aliphatic rings. The van der Waals surface area contributed by atoms with Gasteiger partial charge >= 0.3 is 0 Å². The van der Waals surface area contributed by atoms with Crippen molar-refractivity contribution >= 4 is 12.1 Å². The Morgan fingerprint density at radius 3 is 2.80 bits per heavy atom. The third kappa shape index (κ3) is 1.00. The lowest BCUT2D eigenvalue weighted by Gasteiger charge is -2.22. The summed E-state index contributed by atoms with van der Waals surface area (Å²) in [6.45, 7) is 1.67. The maximum absolute atomic E-state index is 10.7. The van der Waals surface area contributed by atoms with Gasteiger partial charge in [0.25, 0.3) is 0 Å². The molecule has 1 heterocycles. The average Bonchev–Trinajstić information content (AvgIpc) is 1.89. The Hall–Kier alpha value is -1.32. The van der Waals surface area contributed by atoms with Crippen molar-refractivity contribution in [2.45, 2.75) is 12.5 Å². The Bertz CT molecular complexity index is 209. The first-order valence-corrected chi connectivity index (χ1v) is 2.93. The fraction of sp³-hybridized carbons (Fsp3) is 0.333. The van der Waals surface area contributed by atoms with Crippen molar-refractivity contribution in [3.63, 3.8) is 0 Å². The predicted molar refractivity (Wildman–Crippen MR) is 38.4 cm³/mol. The zero-order valence-corrected chi connectivity index (χ0v) is 5.66. The molecule has 0 spiro atoms. The fourth-order valence-corrected chi connectivity index (χ4v) is 0.624. The molecule has 4 heteroatoms. The van der Waals surface area contributed by atoms with E-state index in [0.29, 0.717) is 0 Å². The number of nitrogens with one attached hydrogen (secondary N) is 1. The second kappa shape index (κ2) is 2.13. The molecule has 0 aromatic carbocycles. The summed E-state index contributed by atoms with van der Waals surface area (Å²) in [5.74, 6) is -0.430. The Morgan fingerprint density at radius 2 is 2.50 bits per heavy atom. The Morgan fingerprint density at radius 1 is 1.80 bits per heavy atom. The Kier molecular flexibility index (Phi) is 1.45. The van der Waals surface area contributed by atoms with Gasteiger partial charge in [0.15, 0.2) is 0 Å². The minimum atomic E-state index is -0.811. The van der Waals surface area contributed by atoms with E-state index in [-0.39, 0.29) is 0 Å². The topological polar surface area (TPSA) is 67.5 Å². The van der Waals surface area contributed by atoms with E-state index in [4.69, 9.17) is 5.73 Å². The molecular formula is C6H9N3O. The second-order valence-corrected chi connectivity index (χ2v) is 2.32. The lowest BCUT2D eigenvalue weighted by atomic mass is 10.0. The van der Waals surface area contributed by atoms with Crippen molar-refractivity contribution in [2.24, 2.45) is 10.8 Å². The van der Waals surface area contributed by atoms with Gasteiger partial charge in [0.1, 0.15) is 5.54 Å². The molecular weight excluding hydrogens is 130 g/mol. The highest BCUT2D eigenvalue weighted by Gasteiger charge is 2.27. The number of allylic oxidation sites excluding steroid dienone is 1. The number of primary amides is 1. The van der Waals surface area contributed by atoms with Gasteiger partial charge in [-0.3, -0.25) is 10.2 Å². The van der Waals surface area contributed by atoms with Crippen LogP contribution < -0.4 is 11.2 Å². The fourth-order valence-electron chi connectivity index (χ4n) is 0.624. The van der Waals surface area contributed by atoms with Crippen LogP contribution in [-0.2, 0) is 4.79 Å². The van der Waals surface area contributed by atoms with Crippen LogP contribution in [0.3, 0.4) is 0 Å². The smallest absolute Gasteiger partial charge is 0.248 e. The normalized spacial score (nSPS) is 29.7. The van der Waals surface area contributed by atoms with Crippen LogP contribution in [0.2, 0.25) is 0 Å². The van der Waals surface area contributed by atoms with Gasteiger partial charge in [-0.1, -0.05) is 0 Å². The lowest BCUT2D eigenvalue weighted by molar-refractivity contribution is -0.122. The number of hydrogen-bond donors (Lipinski definition) is 2. The zero-order valence-electron chi connectivity index (χ0n) is 5.66. The number of amides is 1. The summed E-state index contributed by atoms with van der Waals surface area (Å²) in [6, 6.07) is 0. The number of nitrogens with zero attached hydrogens (tertiary/aromatic N) is 1. The molecule has 0 aliphatic carbocycles. The van der Waals surface area contributed by atoms with Gasteiger partial charge in [-0.05, 0) is 19.1 Å². The number of carbonyl (C=O) groups is 1. The molecule has 0 aromatic heterocycles. The monoisotopic (exact) mass is 139 g/mol. The van der Waals surface area contributed by atoms with Gasteiger partial charge in [0.2, 0.25) is 5.91 Å². The van der Waals surface area contributed by atoms with E-state index in [1.165, 1.54) is 0 Å². The van der Waals surface area contributed by atoms with Crippen LogP contribution in [0, 0.1) is 0 Å². The quantitative estimate of drug-likeness (QED) is 0.508. The Balaban J connectivity index is 2.80. The first kappa shape index (κ1) is 6.80. The highest BCUT2D eigenvalue weighted by Crippen LogP contribution is 2.06. The van der Waals surface area contributed by atoms with Crippen molar-refractivity contribution in [3.8, 4) is 0 Å². The molecule has 0 bridgehead atoms. The largest absolute Gasteiger partial charge is 0.367 e. The average molecular weight is 139 g/mol. The van der Waals surface area contributed by atoms with E-state index in [9.17, 15) is 4.79 Å². The van der Waals surface area contributed by atoms with Gasteiger partial charge in [-0.15, -0.1) is 0 Å². The molecule has 0 saturated heterocycles. The van der Waals surface area contributed by atoms with Crippen LogP contribution in [-0.4, -0.2) is 17.7 Å². The number of carbonyl (C=O) groups excluding carboxylic acids is 1. The summed E-state index contributed by atoms with van der Waals surface area (Å²) in [7, 11) is 0. The maximum Gasteiger partial charge on any atom is 0.248 e. The molecule has 1 aliphatic heterocycles. The minimum absolute atomic E-state index is 0.430. The molecule has 0 fully saturated rings. The number of rotatable bonds is 1. The standard InChI is InChI=1S/C6H9N3O/c1-6(5(7)10)3-2-4-8-9-6/h2-4,9H,1H3,(H2,7,10). The van der Waals surface area contributed by atoms with Crippen molar-refractivity contribution in [3.05, 3.63) is 12.2 Å². The molecule has 54 valence electrons. The van der Waals surface area contributed by atoms with Gasteiger partial charge in [-0.2, -0.15) is 5.10 Å². The van der Waals surface area contributed by atoms with Gasteiger partial charge < -0.3 is 5.73 Å². The summed E-state index contributed by atoms with van der Waals surface area (Å²) in [5, 5.41) is 3.69. The molecule has 1 atom stereocenters. The van der Waals surface area contributed by atoms with E-state index >= 15 is 0 Å². The number of nitrogens with two attached hydrogens (primary N) is 1. The first-order chi connectivity index (χ1) is 4.65. The highest BCUT2D eigenvalue weighted by atomic mass is 16.1. The summed E-state index contributed by atoms with van der Waals surface area (Å²) < 4.78 is 0.